The number of benzene rings is 1. The maximum absolute atomic E-state index is 12.5. The second kappa shape index (κ2) is 9.19. The Balaban J connectivity index is 1.98. The summed E-state index contributed by atoms with van der Waals surface area (Å²) in [6, 6.07) is 5.54. The van der Waals surface area contributed by atoms with E-state index < -0.39 is 22.0 Å². The third-order valence-corrected chi connectivity index (χ3v) is 5.78. The molecular weight excluding hydrogens is 396 g/mol. The van der Waals surface area contributed by atoms with Gasteiger partial charge in [-0.1, -0.05) is 19.0 Å². The number of carbonyl (C=O) groups excluding carboxylic acids is 2. The number of nitrogens with zero attached hydrogens (tertiary/aromatic N) is 1. The molecule has 0 fully saturated rings. The van der Waals surface area contributed by atoms with Crippen molar-refractivity contribution in [2.24, 2.45) is 5.92 Å². The lowest BCUT2D eigenvalue weighted by Crippen LogP contribution is -2.41. The molecule has 2 aromatic rings. The summed E-state index contributed by atoms with van der Waals surface area (Å²) in [5.41, 5.74) is 1.30. The summed E-state index contributed by atoms with van der Waals surface area (Å²) in [7, 11) is -3.96. The quantitative estimate of drug-likeness (QED) is 0.599. The molecule has 10 heteroatoms. The van der Waals surface area contributed by atoms with Crippen molar-refractivity contribution in [2.75, 3.05) is 10.6 Å². The molecule has 0 bridgehead atoms. The van der Waals surface area contributed by atoms with Crippen LogP contribution in [-0.4, -0.2) is 31.4 Å². The van der Waals surface area contributed by atoms with Crippen LogP contribution in [0.4, 0.5) is 11.4 Å². The van der Waals surface area contributed by atoms with E-state index in [9.17, 15) is 18.0 Å². The lowest BCUT2D eigenvalue weighted by molar-refractivity contribution is -0.118. The van der Waals surface area contributed by atoms with E-state index in [2.05, 4.69) is 20.5 Å². The molecule has 1 heterocycles. The number of hydrogen-bond donors (Lipinski definition) is 3. The van der Waals surface area contributed by atoms with Crippen molar-refractivity contribution in [2.45, 2.75) is 52.0 Å². The summed E-state index contributed by atoms with van der Waals surface area (Å²) < 4.78 is 32.2. The van der Waals surface area contributed by atoms with Crippen LogP contribution in [0.3, 0.4) is 0 Å². The highest BCUT2D eigenvalue weighted by Gasteiger charge is 2.28. The van der Waals surface area contributed by atoms with Gasteiger partial charge in [-0.3, -0.25) is 9.59 Å². The van der Waals surface area contributed by atoms with Crippen molar-refractivity contribution in [3.8, 4) is 0 Å². The number of aromatic nitrogens is 1. The molecule has 1 atom stereocenters. The van der Waals surface area contributed by atoms with Gasteiger partial charge < -0.3 is 15.2 Å². The number of nitrogens with one attached hydrogen (secondary N) is 3. The van der Waals surface area contributed by atoms with Crippen molar-refractivity contribution in [3.63, 3.8) is 0 Å². The van der Waals surface area contributed by atoms with Crippen LogP contribution in [0.25, 0.3) is 0 Å². The van der Waals surface area contributed by atoms with E-state index in [4.69, 9.17) is 4.52 Å². The third-order valence-electron chi connectivity index (χ3n) is 3.99. The molecule has 0 aliphatic carbocycles. The van der Waals surface area contributed by atoms with Gasteiger partial charge in [-0.05, 0) is 51.0 Å². The normalized spacial score (nSPS) is 12.6. The predicted octanol–water partition coefficient (Wildman–Crippen LogP) is 2.58. The number of carbonyl (C=O) groups is 2. The molecule has 2 amide bonds. The summed E-state index contributed by atoms with van der Waals surface area (Å²) >= 11 is 0. The minimum Gasteiger partial charge on any atom is -0.360 e. The largest absolute Gasteiger partial charge is 0.360 e. The van der Waals surface area contributed by atoms with E-state index in [-0.39, 0.29) is 28.2 Å². The molecular formula is C19H26N4O5S. The fourth-order valence-corrected chi connectivity index (χ4v) is 4.21. The fraction of sp³-hybridized carbons (Fsp3) is 0.421. The van der Waals surface area contributed by atoms with E-state index in [1.807, 2.05) is 13.8 Å². The Morgan fingerprint density at radius 1 is 1.03 bits per heavy atom. The highest BCUT2D eigenvalue weighted by Crippen LogP contribution is 2.19. The molecule has 9 nitrogen and oxygen atoms in total. The molecule has 2 rings (SSSR count). The van der Waals surface area contributed by atoms with Crippen molar-refractivity contribution in [3.05, 3.63) is 35.7 Å². The van der Waals surface area contributed by atoms with E-state index in [0.717, 1.165) is 0 Å². The summed E-state index contributed by atoms with van der Waals surface area (Å²) in [5, 5.41) is 9.03. The van der Waals surface area contributed by atoms with Crippen LogP contribution >= 0.6 is 0 Å². The van der Waals surface area contributed by atoms with Crippen LogP contribution in [0.2, 0.25) is 0 Å². The first-order valence-electron chi connectivity index (χ1n) is 9.15. The molecule has 0 aliphatic heterocycles. The highest BCUT2D eigenvalue weighted by molar-refractivity contribution is 7.89. The number of hydrogen-bond acceptors (Lipinski definition) is 6. The zero-order valence-corrected chi connectivity index (χ0v) is 17.9. The zero-order valence-electron chi connectivity index (χ0n) is 17.1. The van der Waals surface area contributed by atoms with Crippen molar-refractivity contribution in [1.82, 2.24) is 9.88 Å². The Kier molecular flexibility index (Phi) is 7.15. The van der Waals surface area contributed by atoms with Crippen molar-refractivity contribution < 1.29 is 22.5 Å². The van der Waals surface area contributed by atoms with Crippen LogP contribution in [0, 0.1) is 19.8 Å². The highest BCUT2D eigenvalue weighted by atomic mass is 32.2. The van der Waals surface area contributed by atoms with E-state index >= 15 is 0 Å². The lowest BCUT2D eigenvalue weighted by atomic mass is 10.1. The molecule has 0 radical (unpaired) electrons. The molecule has 29 heavy (non-hydrogen) atoms. The Morgan fingerprint density at radius 2 is 1.59 bits per heavy atom. The van der Waals surface area contributed by atoms with Crippen LogP contribution < -0.4 is 15.4 Å². The fourth-order valence-electron chi connectivity index (χ4n) is 2.67. The maximum atomic E-state index is 12.5. The Bertz CT molecular complexity index is 961. The molecule has 0 saturated heterocycles. The summed E-state index contributed by atoms with van der Waals surface area (Å²) in [6.07, 6.45) is 0.418. The summed E-state index contributed by atoms with van der Waals surface area (Å²) in [4.78, 5) is 24.1. The molecule has 3 N–H and O–H groups in total. The van der Waals surface area contributed by atoms with Gasteiger partial charge in [0, 0.05) is 17.8 Å². The van der Waals surface area contributed by atoms with Crippen LogP contribution in [0.1, 0.15) is 38.6 Å². The van der Waals surface area contributed by atoms with Crippen LogP contribution in [0.15, 0.2) is 33.7 Å². The standard InChI is InChI=1S/C19H26N4O5S/c1-11(2)10-17(24)20-15-6-8-16(9-7-15)21-19(25)13(4)23-29(26,27)18-12(3)22-28-14(18)5/h6-9,11,13,23H,10H2,1-5H3,(H,20,24)(H,21,25)/t13-/m0/s1. The SMILES string of the molecule is Cc1noc(C)c1S(=O)(=O)N[C@@H](C)C(=O)Nc1ccc(NC(=O)CC(C)C)cc1. The van der Waals surface area contributed by atoms with Crippen molar-refractivity contribution in [1.29, 1.82) is 0 Å². The number of rotatable bonds is 8. The van der Waals surface area contributed by atoms with Gasteiger partial charge in [0.2, 0.25) is 21.8 Å². The predicted molar refractivity (Wildman–Crippen MR) is 109 cm³/mol. The molecule has 0 unspecified atom stereocenters. The van der Waals surface area contributed by atoms with E-state index in [0.29, 0.717) is 17.8 Å². The van der Waals surface area contributed by atoms with Crippen LogP contribution in [0.5, 0.6) is 0 Å². The van der Waals surface area contributed by atoms with Gasteiger partial charge in [-0.15, -0.1) is 0 Å². The first-order valence-corrected chi connectivity index (χ1v) is 10.6. The van der Waals surface area contributed by atoms with Gasteiger partial charge in [0.05, 0.1) is 6.04 Å². The zero-order chi connectivity index (χ0) is 21.8. The van der Waals surface area contributed by atoms with E-state index in [1.165, 1.54) is 20.8 Å². The van der Waals surface area contributed by atoms with Gasteiger partial charge >= 0.3 is 0 Å². The second-order valence-corrected chi connectivity index (χ2v) is 8.86. The van der Waals surface area contributed by atoms with Gasteiger partial charge in [-0.25, -0.2) is 8.42 Å². The average molecular weight is 423 g/mol. The number of anilines is 2. The monoisotopic (exact) mass is 422 g/mol. The first-order chi connectivity index (χ1) is 13.5. The molecule has 0 aliphatic rings. The van der Waals surface area contributed by atoms with Crippen molar-refractivity contribution >= 4 is 33.2 Å². The molecule has 1 aromatic heterocycles. The maximum Gasteiger partial charge on any atom is 0.246 e. The molecule has 0 saturated carbocycles. The summed E-state index contributed by atoms with van der Waals surface area (Å²) in [6.45, 7) is 8.35. The Labute approximate surface area is 170 Å². The van der Waals surface area contributed by atoms with Gasteiger partial charge in [-0.2, -0.15) is 4.72 Å². The Morgan fingerprint density at radius 3 is 2.07 bits per heavy atom. The number of amides is 2. The number of aryl methyl sites for hydroxylation is 2. The smallest absolute Gasteiger partial charge is 0.246 e. The molecule has 0 spiro atoms. The van der Waals surface area contributed by atoms with Gasteiger partial charge in [0.15, 0.2) is 5.76 Å². The average Bonchev–Trinajstić information content (AvgIpc) is 2.94. The van der Waals surface area contributed by atoms with Crippen LogP contribution in [-0.2, 0) is 19.6 Å². The number of sulfonamides is 1. The minimum atomic E-state index is -3.96. The topological polar surface area (TPSA) is 130 Å². The third kappa shape index (κ3) is 6.13. The first kappa shape index (κ1) is 22.6. The Hall–Kier alpha value is -2.72. The molecule has 158 valence electrons. The minimum absolute atomic E-state index is 0.0707. The second-order valence-electron chi connectivity index (χ2n) is 7.21. The lowest BCUT2D eigenvalue weighted by Gasteiger charge is -2.14. The molecule has 1 aromatic carbocycles. The van der Waals surface area contributed by atoms with E-state index in [1.54, 1.807) is 24.3 Å². The van der Waals surface area contributed by atoms with Gasteiger partial charge in [0.1, 0.15) is 10.6 Å². The summed E-state index contributed by atoms with van der Waals surface area (Å²) in [5.74, 6) is -0.210. The van der Waals surface area contributed by atoms with Gasteiger partial charge in [0.25, 0.3) is 0 Å².